The van der Waals surface area contributed by atoms with Gasteiger partial charge in [0.1, 0.15) is 5.75 Å². The van der Waals surface area contributed by atoms with Crippen LogP contribution >= 0.6 is 0 Å². The number of hydrogen-bond acceptors (Lipinski definition) is 3. The van der Waals surface area contributed by atoms with Crippen molar-refractivity contribution < 1.29 is 9.57 Å². The Morgan fingerprint density at radius 1 is 0.824 bits per heavy atom. The van der Waals surface area contributed by atoms with Gasteiger partial charge in [-0.25, -0.2) is 0 Å². The first-order chi connectivity index (χ1) is 8.36. The van der Waals surface area contributed by atoms with Crippen molar-refractivity contribution in [2.45, 2.75) is 0 Å². The highest BCUT2D eigenvalue weighted by atomic mass is 16.6. The van der Waals surface area contributed by atoms with Crippen molar-refractivity contribution >= 4 is 5.69 Å². The van der Waals surface area contributed by atoms with Gasteiger partial charge in [-0.2, -0.15) is 0 Å². The van der Waals surface area contributed by atoms with Gasteiger partial charge in [-0.15, -0.1) is 0 Å². The molecule has 0 fully saturated rings. The molecule has 0 spiro atoms. The SMILES string of the molecule is CONc1ccccc1-c1ccccc1OC. The van der Waals surface area contributed by atoms with E-state index >= 15 is 0 Å². The van der Waals surface area contributed by atoms with Crippen molar-refractivity contribution in [3.63, 3.8) is 0 Å². The quantitative estimate of drug-likeness (QED) is 0.816. The molecule has 0 heterocycles. The van der Waals surface area contributed by atoms with Crippen LogP contribution in [0.3, 0.4) is 0 Å². The number of anilines is 1. The van der Waals surface area contributed by atoms with Crippen LogP contribution in [0, 0.1) is 0 Å². The van der Waals surface area contributed by atoms with Crippen LogP contribution in [0.4, 0.5) is 5.69 Å². The number of ether oxygens (including phenoxy) is 1. The Labute approximate surface area is 101 Å². The summed E-state index contributed by atoms with van der Waals surface area (Å²) in [5.74, 6) is 0.845. The van der Waals surface area contributed by atoms with Gasteiger partial charge >= 0.3 is 0 Å². The van der Waals surface area contributed by atoms with Gasteiger partial charge in [-0.3, -0.25) is 10.3 Å². The fourth-order valence-corrected chi connectivity index (χ4v) is 1.78. The molecule has 2 aromatic rings. The van der Waals surface area contributed by atoms with E-state index in [1.54, 1.807) is 14.2 Å². The summed E-state index contributed by atoms with van der Waals surface area (Å²) in [4.78, 5) is 4.97. The fraction of sp³-hybridized carbons (Fsp3) is 0.143. The van der Waals surface area contributed by atoms with Crippen molar-refractivity contribution in [2.24, 2.45) is 0 Å². The average molecular weight is 229 g/mol. The minimum absolute atomic E-state index is 0.845. The highest BCUT2D eigenvalue weighted by Gasteiger charge is 2.08. The van der Waals surface area contributed by atoms with Crippen LogP contribution in [-0.4, -0.2) is 14.2 Å². The van der Waals surface area contributed by atoms with Crippen LogP contribution in [0.1, 0.15) is 0 Å². The van der Waals surface area contributed by atoms with E-state index in [4.69, 9.17) is 9.57 Å². The zero-order valence-electron chi connectivity index (χ0n) is 9.94. The van der Waals surface area contributed by atoms with E-state index in [-0.39, 0.29) is 0 Å². The first-order valence-corrected chi connectivity index (χ1v) is 5.38. The van der Waals surface area contributed by atoms with E-state index < -0.39 is 0 Å². The van der Waals surface area contributed by atoms with Crippen molar-refractivity contribution in [3.8, 4) is 16.9 Å². The molecule has 0 aliphatic rings. The maximum atomic E-state index is 5.36. The molecule has 17 heavy (non-hydrogen) atoms. The summed E-state index contributed by atoms with van der Waals surface area (Å²) in [6.07, 6.45) is 0. The second kappa shape index (κ2) is 5.37. The Balaban J connectivity index is 2.52. The minimum Gasteiger partial charge on any atom is -0.496 e. The third-order valence-corrected chi connectivity index (χ3v) is 2.54. The molecular weight excluding hydrogens is 214 g/mol. The molecule has 2 rings (SSSR count). The highest BCUT2D eigenvalue weighted by molar-refractivity contribution is 5.81. The van der Waals surface area contributed by atoms with Gasteiger partial charge in [0, 0.05) is 11.1 Å². The molecular formula is C14H15NO2. The van der Waals surface area contributed by atoms with Crippen LogP contribution in [0.15, 0.2) is 48.5 Å². The van der Waals surface area contributed by atoms with Crippen LogP contribution in [0.25, 0.3) is 11.1 Å². The van der Waals surface area contributed by atoms with Gasteiger partial charge in [-0.1, -0.05) is 36.4 Å². The molecule has 88 valence electrons. The molecule has 3 heteroatoms. The van der Waals surface area contributed by atoms with E-state index in [1.165, 1.54) is 0 Å². The summed E-state index contributed by atoms with van der Waals surface area (Å²) in [5.41, 5.74) is 5.87. The molecule has 0 saturated carbocycles. The molecule has 2 aromatic carbocycles. The first kappa shape index (κ1) is 11.5. The molecule has 0 amide bonds. The maximum absolute atomic E-state index is 5.36. The molecule has 0 aliphatic carbocycles. The van der Waals surface area contributed by atoms with Crippen LogP contribution < -0.4 is 10.2 Å². The number of nitrogens with one attached hydrogen (secondary N) is 1. The molecule has 0 bridgehead atoms. The molecule has 0 radical (unpaired) electrons. The third-order valence-electron chi connectivity index (χ3n) is 2.54. The topological polar surface area (TPSA) is 30.5 Å². The lowest BCUT2D eigenvalue weighted by Crippen LogP contribution is -1.98. The van der Waals surface area contributed by atoms with Gasteiger partial charge in [0.05, 0.1) is 19.9 Å². The molecule has 0 aliphatic heterocycles. The second-order valence-corrected chi connectivity index (χ2v) is 3.55. The molecule has 0 aromatic heterocycles. The first-order valence-electron chi connectivity index (χ1n) is 5.38. The molecule has 3 nitrogen and oxygen atoms in total. The lowest BCUT2D eigenvalue weighted by molar-refractivity contribution is 0.271. The lowest BCUT2D eigenvalue weighted by Gasteiger charge is -2.13. The van der Waals surface area contributed by atoms with Gasteiger partial charge in [0.15, 0.2) is 0 Å². The monoisotopic (exact) mass is 229 g/mol. The van der Waals surface area contributed by atoms with Crippen molar-refractivity contribution in [1.82, 2.24) is 0 Å². The van der Waals surface area contributed by atoms with Crippen LogP contribution in [0.5, 0.6) is 5.75 Å². The predicted octanol–water partition coefficient (Wildman–Crippen LogP) is 3.34. The average Bonchev–Trinajstić information content (AvgIpc) is 2.40. The number of rotatable bonds is 4. The zero-order valence-corrected chi connectivity index (χ0v) is 9.94. The largest absolute Gasteiger partial charge is 0.496 e. The van der Waals surface area contributed by atoms with E-state index in [2.05, 4.69) is 5.48 Å². The smallest absolute Gasteiger partial charge is 0.126 e. The molecule has 0 unspecified atom stereocenters. The molecule has 0 saturated heterocycles. The fourth-order valence-electron chi connectivity index (χ4n) is 1.78. The highest BCUT2D eigenvalue weighted by Crippen LogP contribution is 2.34. The Hall–Kier alpha value is -2.00. The number of benzene rings is 2. The van der Waals surface area contributed by atoms with Gasteiger partial charge in [-0.05, 0) is 12.1 Å². The number of methoxy groups -OCH3 is 1. The van der Waals surface area contributed by atoms with E-state index in [0.29, 0.717) is 0 Å². The van der Waals surface area contributed by atoms with E-state index in [1.807, 2.05) is 48.5 Å². The van der Waals surface area contributed by atoms with Gasteiger partial charge < -0.3 is 4.74 Å². The van der Waals surface area contributed by atoms with E-state index in [9.17, 15) is 0 Å². The van der Waals surface area contributed by atoms with Gasteiger partial charge in [0.2, 0.25) is 0 Å². The van der Waals surface area contributed by atoms with Crippen molar-refractivity contribution in [3.05, 3.63) is 48.5 Å². The van der Waals surface area contributed by atoms with Crippen molar-refractivity contribution in [2.75, 3.05) is 19.7 Å². The number of hydrogen-bond donors (Lipinski definition) is 1. The summed E-state index contributed by atoms with van der Waals surface area (Å²) in [6.45, 7) is 0. The van der Waals surface area contributed by atoms with Crippen LogP contribution in [-0.2, 0) is 4.84 Å². The number of para-hydroxylation sites is 2. The Kier molecular flexibility index (Phi) is 3.62. The lowest BCUT2D eigenvalue weighted by atomic mass is 10.0. The Morgan fingerprint density at radius 3 is 2.18 bits per heavy atom. The maximum Gasteiger partial charge on any atom is 0.126 e. The summed E-state index contributed by atoms with van der Waals surface area (Å²) >= 11 is 0. The molecule has 0 atom stereocenters. The van der Waals surface area contributed by atoms with Crippen LogP contribution in [0.2, 0.25) is 0 Å². The summed E-state index contributed by atoms with van der Waals surface area (Å²) in [6, 6.07) is 15.8. The van der Waals surface area contributed by atoms with E-state index in [0.717, 1.165) is 22.6 Å². The second-order valence-electron chi connectivity index (χ2n) is 3.55. The predicted molar refractivity (Wildman–Crippen MR) is 69.1 cm³/mol. The minimum atomic E-state index is 0.845. The van der Waals surface area contributed by atoms with Crippen molar-refractivity contribution in [1.29, 1.82) is 0 Å². The standard InChI is InChI=1S/C14H15NO2/c1-16-14-10-6-4-8-12(14)11-7-3-5-9-13(11)15-17-2/h3-10,15H,1-2H3. The summed E-state index contributed by atoms with van der Waals surface area (Å²) in [5, 5.41) is 0. The summed E-state index contributed by atoms with van der Waals surface area (Å²) in [7, 11) is 3.27. The Bertz CT molecular complexity index is 497. The molecule has 1 N–H and O–H groups in total. The zero-order chi connectivity index (χ0) is 12.1. The third kappa shape index (κ3) is 2.40. The van der Waals surface area contributed by atoms with Gasteiger partial charge in [0.25, 0.3) is 0 Å². The summed E-state index contributed by atoms with van der Waals surface area (Å²) < 4.78 is 5.36. The Morgan fingerprint density at radius 2 is 1.47 bits per heavy atom. The normalized spacial score (nSPS) is 10.0.